The Morgan fingerprint density at radius 1 is 1.14 bits per heavy atom. The molecular weight excluding hydrogens is 281 g/mol. The lowest BCUT2D eigenvalue weighted by atomic mass is 9.89. The van der Waals surface area contributed by atoms with Crippen LogP contribution in [0.4, 0.5) is 10.3 Å². The molecule has 0 saturated carbocycles. The third kappa shape index (κ3) is 3.13. The van der Waals surface area contributed by atoms with Gasteiger partial charge >= 0.3 is 0 Å². The number of carbonyl (C=O) groups excluding carboxylic acids is 1. The van der Waals surface area contributed by atoms with Crippen LogP contribution in [0.1, 0.15) is 28.8 Å². The highest BCUT2D eigenvalue weighted by Gasteiger charge is 2.26. The molecule has 4 nitrogen and oxygen atoms in total. The molecule has 0 N–H and O–H groups in total. The third-order valence-electron chi connectivity index (χ3n) is 4.04. The van der Waals surface area contributed by atoms with Crippen LogP contribution < -0.4 is 4.90 Å². The first-order chi connectivity index (χ1) is 10.6. The first-order valence-corrected chi connectivity index (χ1v) is 7.47. The van der Waals surface area contributed by atoms with Crippen molar-refractivity contribution in [3.8, 4) is 0 Å². The number of carbonyl (C=O) groups is 1. The van der Waals surface area contributed by atoms with Crippen molar-refractivity contribution in [1.82, 2.24) is 9.97 Å². The van der Waals surface area contributed by atoms with Crippen molar-refractivity contribution < 1.29 is 9.18 Å². The van der Waals surface area contributed by atoms with Gasteiger partial charge in [0, 0.05) is 37.0 Å². The molecular formula is C17H18FN3O. The Labute approximate surface area is 129 Å². The van der Waals surface area contributed by atoms with E-state index in [0.717, 1.165) is 37.4 Å². The van der Waals surface area contributed by atoms with Gasteiger partial charge in [-0.25, -0.2) is 14.4 Å². The second-order valence-corrected chi connectivity index (χ2v) is 5.69. The van der Waals surface area contributed by atoms with Crippen molar-refractivity contribution in [2.24, 2.45) is 5.92 Å². The summed E-state index contributed by atoms with van der Waals surface area (Å²) in [6, 6.07) is 5.80. The number of aryl methyl sites for hydroxylation is 1. The predicted octanol–water partition coefficient (Wildman–Crippen LogP) is 3.02. The molecule has 1 aliphatic heterocycles. The SMILES string of the molecule is Cc1cnc(N2CCC(C(=O)c3ccc(F)cc3)CC2)nc1. The summed E-state index contributed by atoms with van der Waals surface area (Å²) < 4.78 is 12.9. The fourth-order valence-electron chi connectivity index (χ4n) is 2.74. The number of anilines is 1. The van der Waals surface area contributed by atoms with Crippen LogP contribution in [0.2, 0.25) is 0 Å². The number of hydrogen-bond acceptors (Lipinski definition) is 4. The zero-order valence-corrected chi connectivity index (χ0v) is 12.5. The van der Waals surface area contributed by atoms with E-state index in [1.54, 1.807) is 24.5 Å². The molecule has 22 heavy (non-hydrogen) atoms. The van der Waals surface area contributed by atoms with E-state index >= 15 is 0 Å². The molecule has 1 aromatic heterocycles. The molecule has 0 bridgehead atoms. The Hall–Kier alpha value is -2.30. The van der Waals surface area contributed by atoms with Gasteiger partial charge in [0.15, 0.2) is 5.78 Å². The summed E-state index contributed by atoms with van der Waals surface area (Å²) in [6.07, 6.45) is 5.15. The van der Waals surface area contributed by atoms with E-state index in [1.807, 2.05) is 6.92 Å². The summed E-state index contributed by atoms with van der Waals surface area (Å²) in [4.78, 5) is 23.2. The molecule has 0 atom stereocenters. The Balaban J connectivity index is 1.62. The maximum Gasteiger partial charge on any atom is 0.225 e. The summed E-state index contributed by atoms with van der Waals surface area (Å²) in [5, 5.41) is 0. The van der Waals surface area contributed by atoms with Gasteiger partial charge < -0.3 is 4.90 Å². The van der Waals surface area contributed by atoms with Crippen molar-refractivity contribution >= 4 is 11.7 Å². The third-order valence-corrected chi connectivity index (χ3v) is 4.04. The fraction of sp³-hybridized carbons (Fsp3) is 0.353. The molecule has 0 radical (unpaired) electrons. The number of hydrogen-bond donors (Lipinski definition) is 0. The van der Waals surface area contributed by atoms with Crippen LogP contribution in [0.25, 0.3) is 0 Å². The number of halogens is 1. The minimum Gasteiger partial charge on any atom is -0.341 e. The first kappa shape index (κ1) is 14.6. The molecule has 0 amide bonds. The van der Waals surface area contributed by atoms with Crippen molar-refractivity contribution in [3.63, 3.8) is 0 Å². The van der Waals surface area contributed by atoms with E-state index in [0.29, 0.717) is 5.56 Å². The number of benzene rings is 1. The zero-order chi connectivity index (χ0) is 15.5. The van der Waals surface area contributed by atoms with E-state index in [9.17, 15) is 9.18 Å². The zero-order valence-electron chi connectivity index (χ0n) is 12.5. The quantitative estimate of drug-likeness (QED) is 0.817. The molecule has 0 aliphatic carbocycles. The molecule has 2 heterocycles. The van der Waals surface area contributed by atoms with Gasteiger partial charge in [0.25, 0.3) is 0 Å². The summed E-state index contributed by atoms with van der Waals surface area (Å²) in [5.41, 5.74) is 1.62. The van der Waals surface area contributed by atoms with Crippen LogP contribution in [0.3, 0.4) is 0 Å². The molecule has 2 aromatic rings. The Morgan fingerprint density at radius 2 is 1.73 bits per heavy atom. The fourth-order valence-corrected chi connectivity index (χ4v) is 2.74. The van der Waals surface area contributed by atoms with E-state index in [-0.39, 0.29) is 17.5 Å². The second-order valence-electron chi connectivity index (χ2n) is 5.69. The summed E-state index contributed by atoms with van der Waals surface area (Å²) in [5.74, 6) is 0.498. The average molecular weight is 299 g/mol. The number of ketones is 1. The molecule has 0 spiro atoms. The second kappa shape index (κ2) is 6.22. The molecule has 0 unspecified atom stereocenters. The highest BCUT2D eigenvalue weighted by atomic mass is 19.1. The maximum atomic E-state index is 12.9. The molecule has 5 heteroatoms. The van der Waals surface area contributed by atoms with Crippen molar-refractivity contribution in [2.75, 3.05) is 18.0 Å². The van der Waals surface area contributed by atoms with Gasteiger partial charge in [-0.15, -0.1) is 0 Å². The number of nitrogens with zero attached hydrogens (tertiary/aromatic N) is 3. The number of Topliss-reactive ketones (excluding diaryl/α,β-unsaturated/α-hetero) is 1. The van der Waals surface area contributed by atoms with Gasteiger partial charge in [0.2, 0.25) is 5.95 Å². The molecule has 1 aliphatic rings. The van der Waals surface area contributed by atoms with Crippen LogP contribution in [-0.4, -0.2) is 28.8 Å². The number of rotatable bonds is 3. The van der Waals surface area contributed by atoms with E-state index < -0.39 is 0 Å². The van der Waals surface area contributed by atoms with Gasteiger partial charge in [-0.05, 0) is 49.6 Å². The monoisotopic (exact) mass is 299 g/mol. The topological polar surface area (TPSA) is 46.1 Å². The molecule has 3 rings (SSSR count). The first-order valence-electron chi connectivity index (χ1n) is 7.47. The lowest BCUT2D eigenvalue weighted by Crippen LogP contribution is -2.37. The van der Waals surface area contributed by atoms with Crippen LogP contribution in [0, 0.1) is 18.7 Å². The van der Waals surface area contributed by atoms with Crippen LogP contribution in [0.5, 0.6) is 0 Å². The Morgan fingerprint density at radius 3 is 2.32 bits per heavy atom. The highest BCUT2D eigenvalue weighted by molar-refractivity contribution is 5.97. The van der Waals surface area contributed by atoms with Crippen LogP contribution in [-0.2, 0) is 0 Å². The smallest absolute Gasteiger partial charge is 0.225 e. The highest BCUT2D eigenvalue weighted by Crippen LogP contribution is 2.24. The normalized spacial score (nSPS) is 15.8. The van der Waals surface area contributed by atoms with Gasteiger partial charge in [-0.2, -0.15) is 0 Å². The molecule has 114 valence electrons. The largest absolute Gasteiger partial charge is 0.341 e. The van der Waals surface area contributed by atoms with E-state index in [4.69, 9.17) is 0 Å². The number of aromatic nitrogens is 2. The van der Waals surface area contributed by atoms with Gasteiger partial charge in [-0.1, -0.05) is 0 Å². The molecule has 1 fully saturated rings. The molecule has 1 saturated heterocycles. The summed E-state index contributed by atoms with van der Waals surface area (Å²) in [7, 11) is 0. The van der Waals surface area contributed by atoms with Crippen molar-refractivity contribution in [3.05, 3.63) is 53.6 Å². The van der Waals surface area contributed by atoms with Crippen molar-refractivity contribution in [2.45, 2.75) is 19.8 Å². The minimum atomic E-state index is -0.317. The van der Waals surface area contributed by atoms with Gasteiger partial charge in [0.1, 0.15) is 5.82 Å². The van der Waals surface area contributed by atoms with Gasteiger partial charge in [-0.3, -0.25) is 4.79 Å². The minimum absolute atomic E-state index is 0.00726. The Kier molecular flexibility index (Phi) is 4.13. The summed E-state index contributed by atoms with van der Waals surface area (Å²) in [6.45, 7) is 3.48. The average Bonchev–Trinajstić information content (AvgIpc) is 2.56. The lowest BCUT2D eigenvalue weighted by Gasteiger charge is -2.31. The van der Waals surface area contributed by atoms with E-state index in [2.05, 4.69) is 14.9 Å². The lowest BCUT2D eigenvalue weighted by molar-refractivity contribution is 0.0900. The van der Waals surface area contributed by atoms with Gasteiger partial charge in [0.05, 0.1) is 0 Å². The summed E-state index contributed by atoms with van der Waals surface area (Å²) >= 11 is 0. The van der Waals surface area contributed by atoms with Crippen LogP contribution >= 0.6 is 0 Å². The van der Waals surface area contributed by atoms with Crippen LogP contribution in [0.15, 0.2) is 36.7 Å². The van der Waals surface area contributed by atoms with E-state index in [1.165, 1.54) is 12.1 Å². The molecule has 1 aromatic carbocycles. The maximum absolute atomic E-state index is 12.9. The standard InChI is InChI=1S/C17H18FN3O/c1-12-10-19-17(20-11-12)21-8-6-14(7-9-21)16(22)13-2-4-15(18)5-3-13/h2-5,10-11,14H,6-9H2,1H3. The number of piperidine rings is 1. The van der Waals surface area contributed by atoms with Crippen molar-refractivity contribution in [1.29, 1.82) is 0 Å². The predicted molar refractivity (Wildman–Crippen MR) is 82.4 cm³/mol. The Bertz CT molecular complexity index is 647.